The van der Waals surface area contributed by atoms with Gasteiger partial charge < -0.3 is 29.0 Å². The second kappa shape index (κ2) is 11.1. The summed E-state index contributed by atoms with van der Waals surface area (Å²) in [4.78, 5) is 21.3. The first-order valence-corrected chi connectivity index (χ1v) is 13.5. The number of aromatic nitrogens is 1. The SMILES string of the molecule is COc1cccc(COc2cc(C(c3c(O)c4ccccc4c4occ(C(=O)O)c34)N3CCN(C)CC3)ccn2)c1. The number of rotatable bonds is 8. The van der Waals surface area contributed by atoms with Crippen LogP contribution in [0.5, 0.6) is 17.4 Å². The van der Waals surface area contributed by atoms with Gasteiger partial charge in [0, 0.05) is 60.2 Å². The van der Waals surface area contributed by atoms with Crippen LogP contribution in [-0.2, 0) is 6.61 Å². The number of phenols is 1. The first-order valence-electron chi connectivity index (χ1n) is 13.5. The van der Waals surface area contributed by atoms with Crippen LogP contribution < -0.4 is 9.47 Å². The van der Waals surface area contributed by atoms with Gasteiger partial charge >= 0.3 is 5.97 Å². The number of pyridine rings is 1. The molecule has 1 aliphatic heterocycles. The van der Waals surface area contributed by atoms with Crippen molar-refractivity contribution in [2.75, 3.05) is 40.3 Å². The van der Waals surface area contributed by atoms with E-state index in [1.54, 1.807) is 13.3 Å². The molecular weight excluding hydrogens is 522 g/mol. The molecular formula is C32H31N3O6. The topological polar surface area (TPSA) is 108 Å². The van der Waals surface area contributed by atoms with E-state index >= 15 is 0 Å². The molecule has 1 aliphatic rings. The van der Waals surface area contributed by atoms with Gasteiger partial charge in [-0.3, -0.25) is 4.90 Å². The number of piperazine rings is 1. The number of hydrogen-bond acceptors (Lipinski definition) is 8. The lowest BCUT2D eigenvalue weighted by molar-refractivity contribution is 0.0697. The fraction of sp³-hybridized carbons (Fsp3) is 0.250. The van der Waals surface area contributed by atoms with E-state index in [0.29, 0.717) is 39.8 Å². The summed E-state index contributed by atoms with van der Waals surface area (Å²) in [5.74, 6) is 0.0881. The van der Waals surface area contributed by atoms with Gasteiger partial charge in [0.2, 0.25) is 5.88 Å². The summed E-state index contributed by atoms with van der Waals surface area (Å²) in [5, 5.41) is 23.6. The standard InChI is InChI=1S/C32H31N3O6/c1-34-12-14-35(15-13-34)29(21-10-11-33-26(17-21)40-18-20-6-5-7-22(16-20)39-2)28-27-25(32(37)38)19-41-31(27)24-9-4-3-8-23(24)30(28)36/h3-11,16-17,19,29,36H,12-15,18H2,1-2H3,(H,37,38). The molecule has 3 aromatic carbocycles. The maximum Gasteiger partial charge on any atom is 0.339 e. The Morgan fingerprint density at radius 1 is 1.05 bits per heavy atom. The van der Waals surface area contributed by atoms with Crippen molar-refractivity contribution in [1.29, 1.82) is 0 Å². The van der Waals surface area contributed by atoms with Gasteiger partial charge in [0.25, 0.3) is 0 Å². The number of methoxy groups -OCH3 is 1. The molecule has 0 bridgehead atoms. The molecule has 210 valence electrons. The fourth-order valence-corrected chi connectivity index (χ4v) is 5.63. The smallest absolute Gasteiger partial charge is 0.339 e. The third kappa shape index (κ3) is 5.05. The minimum absolute atomic E-state index is 0.0127. The van der Waals surface area contributed by atoms with Gasteiger partial charge in [-0.05, 0) is 36.4 Å². The Morgan fingerprint density at radius 2 is 1.83 bits per heavy atom. The van der Waals surface area contributed by atoms with Crippen molar-refractivity contribution in [1.82, 2.24) is 14.8 Å². The maximum atomic E-state index is 12.4. The average Bonchev–Trinajstić information content (AvgIpc) is 3.45. The maximum absolute atomic E-state index is 12.4. The Morgan fingerprint density at radius 3 is 2.59 bits per heavy atom. The predicted octanol–water partition coefficient (Wildman–Crippen LogP) is 5.31. The summed E-state index contributed by atoms with van der Waals surface area (Å²) >= 11 is 0. The van der Waals surface area contributed by atoms with Crippen molar-refractivity contribution >= 4 is 27.7 Å². The second-order valence-corrected chi connectivity index (χ2v) is 10.3. The molecule has 1 unspecified atom stereocenters. The largest absolute Gasteiger partial charge is 0.507 e. The lowest BCUT2D eigenvalue weighted by atomic mass is 9.89. The van der Waals surface area contributed by atoms with E-state index in [9.17, 15) is 15.0 Å². The molecule has 2 N–H and O–H groups in total. The highest BCUT2D eigenvalue weighted by molar-refractivity contribution is 6.15. The number of hydrogen-bond donors (Lipinski definition) is 2. The number of carboxylic acids is 1. The molecule has 0 spiro atoms. The van der Waals surface area contributed by atoms with Crippen molar-refractivity contribution in [3.8, 4) is 17.4 Å². The normalized spacial score (nSPS) is 15.3. The molecule has 1 saturated heterocycles. The lowest BCUT2D eigenvalue weighted by Crippen LogP contribution is -2.46. The number of nitrogens with zero attached hydrogens (tertiary/aromatic N) is 3. The zero-order chi connectivity index (χ0) is 28.5. The number of aromatic hydroxyl groups is 1. The Hall–Kier alpha value is -4.60. The Balaban J connectivity index is 1.49. The predicted molar refractivity (Wildman–Crippen MR) is 155 cm³/mol. The molecule has 0 radical (unpaired) electrons. The van der Waals surface area contributed by atoms with Crippen LogP contribution in [0.1, 0.15) is 33.1 Å². The molecule has 0 saturated carbocycles. The van der Waals surface area contributed by atoms with Gasteiger partial charge in [-0.25, -0.2) is 9.78 Å². The first kappa shape index (κ1) is 26.6. The van der Waals surface area contributed by atoms with Crippen LogP contribution in [0.15, 0.2) is 77.5 Å². The highest BCUT2D eigenvalue weighted by atomic mass is 16.5. The number of fused-ring (bicyclic) bond motifs is 3. The van der Waals surface area contributed by atoms with Gasteiger partial charge in [0.1, 0.15) is 35.5 Å². The van der Waals surface area contributed by atoms with E-state index in [-0.39, 0.29) is 11.3 Å². The summed E-state index contributed by atoms with van der Waals surface area (Å²) in [6.07, 6.45) is 2.95. The molecule has 1 fully saturated rings. The third-order valence-electron chi connectivity index (χ3n) is 7.74. The summed E-state index contributed by atoms with van der Waals surface area (Å²) in [5.41, 5.74) is 2.71. The minimum atomic E-state index is -1.12. The van der Waals surface area contributed by atoms with Gasteiger partial charge in [-0.1, -0.05) is 36.4 Å². The summed E-state index contributed by atoms with van der Waals surface area (Å²) < 4.78 is 17.3. The van der Waals surface area contributed by atoms with Crippen LogP contribution >= 0.6 is 0 Å². The number of benzene rings is 3. The van der Waals surface area contributed by atoms with Crippen LogP contribution in [0.3, 0.4) is 0 Å². The van der Waals surface area contributed by atoms with Crippen LogP contribution in [0.2, 0.25) is 0 Å². The molecule has 6 rings (SSSR count). The van der Waals surface area contributed by atoms with E-state index in [1.165, 1.54) is 6.26 Å². The van der Waals surface area contributed by atoms with Crippen molar-refractivity contribution in [3.63, 3.8) is 0 Å². The van der Waals surface area contributed by atoms with E-state index in [2.05, 4.69) is 21.8 Å². The molecule has 0 amide bonds. The van der Waals surface area contributed by atoms with Gasteiger partial charge in [-0.15, -0.1) is 0 Å². The van der Waals surface area contributed by atoms with Crippen LogP contribution in [0.4, 0.5) is 0 Å². The van der Waals surface area contributed by atoms with E-state index < -0.39 is 12.0 Å². The highest BCUT2D eigenvalue weighted by Crippen LogP contribution is 2.46. The molecule has 9 heteroatoms. The first-order chi connectivity index (χ1) is 19.9. The van der Waals surface area contributed by atoms with E-state index in [1.807, 2.05) is 60.7 Å². The van der Waals surface area contributed by atoms with Crippen LogP contribution in [0.25, 0.3) is 21.7 Å². The third-order valence-corrected chi connectivity index (χ3v) is 7.74. The Labute approximate surface area is 237 Å². The van der Waals surface area contributed by atoms with Crippen molar-refractivity contribution < 1.29 is 28.9 Å². The molecule has 0 aliphatic carbocycles. The number of phenolic OH excluding ortho intramolecular Hbond substituents is 1. The zero-order valence-electron chi connectivity index (χ0n) is 22.9. The molecule has 3 heterocycles. The lowest BCUT2D eigenvalue weighted by Gasteiger charge is -2.39. The second-order valence-electron chi connectivity index (χ2n) is 10.3. The number of ether oxygens (including phenoxy) is 2. The van der Waals surface area contributed by atoms with Crippen molar-refractivity contribution in [2.45, 2.75) is 12.6 Å². The Kier molecular flexibility index (Phi) is 7.21. The van der Waals surface area contributed by atoms with Gasteiger partial charge in [0.05, 0.1) is 13.2 Å². The number of likely N-dealkylation sites (N-methyl/N-ethyl adjacent to an activating group) is 1. The highest BCUT2D eigenvalue weighted by Gasteiger charge is 2.33. The quantitative estimate of drug-likeness (QED) is 0.264. The number of carbonyl (C=O) groups is 1. The molecule has 5 aromatic rings. The molecule has 2 aromatic heterocycles. The van der Waals surface area contributed by atoms with Gasteiger partial charge in [-0.2, -0.15) is 0 Å². The zero-order valence-corrected chi connectivity index (χ0v) is 22.9. The van der Waals surface area contributed by atoms with E-state index in [4.69, 9.17) is 13.9 Å². The van der Waals surface area contributed by atoms with Gasteiger partial charge in [0.15, 0.2) is 0 Å². The number of carboxylic acid groups (broad SMARTS) is 1. The summed E-state index contributed by atoms with van der Waals surface area (Å²) in [7, 11) is 3.70. The van der Waals surface area contributed by atoms with Crippen LogP contribution in [0, 0.1) is 0 Å². The monoisotopic (exact) mass is 553 g/mol. The number of furan rings is 1. The molecule has 41 heavy (non-hydrogen) atoms. The minimum Gasteiger partial charge on any atom is -0.507 e. The summed E-state index contributed by atoms with van der Waals surface area (Å²) in [6, 6.07) is 18.3. The number of aromatic carboxylic acids is 1. The van der Waals surface area contributed by atoms with Crippen LogP contribution in [-0.4, -0.2) is 71.3 Å². The molecule has 9 nitrogen and oxygen atoms in total. The Bertz CT molecular complexity index is 1720. The van der Waals surface area contributed by atoms with Crippen molar-refractivity contribution in [3.05, 3.63) is 95.4 Å². The molecule has 1 atom stereocenters. The fourth-order valence-electron chi connectivity index (χ4n) is 5.63. The van der Waals surface area contributed by atoms with Crippen molar-refractivity contribution in [2.24, 2.45) is 0 Å². The summed E-state index contributed by atoms with van der Waals surface area (Å²) in [6.45, 7) is 3.39. The van der Waals surface area contributed by atoms with E-state index in [0.717, 1.165) is 43.1 Å². The average molecular weight is 554 g/mol.